The lowest BCUT2D eigenvalue weighted by Gasteiger charge is -2.36. The number of hydrogen-bond acceptors (Lipinski definition) is 6. The molecule has 0 bridgehead atoms. The molecule has 0 saturated carbocycles. The van der Waals surface area contributed by atoms with E-state index in [9.17, 15) is 27.9 Å². The Balaban J connectivity index is 1.51. The van der Waals surface area contributed by atoms with Crippen molar-refractivity contribution in [1.82, 2.24) is 19.5 Å². The van der Waals surface area contributed by atoms with Gasteiger partial charge in [-0.3, -0.25) is 9.59 Å². The second kappa shape index (κ2) is 11.8. The average Bonchev–Trinajstić information content (AvgIpc) is 3.39. The number of carboxylic acids is 1. The Bertz CT molecular complexity index is 1630. The number of fused-ring (bicyclic) bond motifs is 1. The highest BCUT2D eigenvalue weighted by Gasteiger charge is 2.34. The topological polar surface area (TPSA) is 109 Å². The first-order chi connectivity index (χ1) is 20.0. The van der Waals surface area contributed by atoms with Crippen LogP contribution in [0.4, 0.5) is 19.0 Å². The predicted molar refractivity (Wildman–Crippen MR) is 149 cm³/mol. The fraction of sp³-hybridized carbons (Fsp3) is 0.333. The highest BCUT2D eigenvalue weighted by Crippen LogP contribution is 2.28. The lowest BCUT2D eigenvalue weighted by atomic mass is 9.90. The van der Waals surface area contributed by atoms with E-state index in [1.807, 2.05) is 32.0 Å². The molecule has 4 aromatic rings. The standard InChI is InChI=1S/C30H30F3N5O4/c1-16-5-4-6-17(2)20(16)14-34-26-12-23(19-9-21(31)29(33)22(32)10-19)35-27-13-24(36-38(26)27)30(41)37-8-7-18(11-28(39)40)25(15-37)42-3/h4-6,9-10,12-13,18,25,34H,7-8,11,14-15H2,1-3H3,(H,39,40). The van der Waals surface area contributed by atoms with Crippen molar-refractivity contribution in [2.75, 3.05) is 25.5 Å². The number of anilines is 1. The summed E-state index contributed by atoms with van der Waals surface area (Å²) in [5.41, 5.74) is 3.64. The highest BCUT2D eigenvalue weighted by atomic mass is 19.2. The SMILES string of the molecule is COC1CN(C(=O)c2cc3nc(-c4cc(F)c(F)c(F)c4)cc(NCc4c(C)cccc4C)n3n2)CCC1CC(=O)O. The Hall–Kier alpha value is -4.45. The Morgan fingerprint density at radius 2 is 1.79 bits per heavy atom. The van der Waals surface area contributed by atoms with Crippen LogP contribution in [0, 0.1) is 37.2 Å². The van der Waals surface area contributed by atoms with E-state index in [0.717, 1.165) is 28.8 Å². The lowest BCUT2D eigenvalue weighted by Crippen LogP contribution is -2.48. The number of likely N-dealkylation sites (tertiary alicyclic amines) is 1. The monoisotopic (exact) mass is 581 g/mol. The van der Waals surface area contributed by atoms with E-state index in [-0.39, 0.29) is 41.5 Å². The van der Waals surface area contributed by atoms with Gasteiger partial charge in [0.1, 0.15) is 5.82 Å². The molecule has 1 saturated heterocycles. The summed E-state index contributed by atoms with van der Waals surface area (Å²) in [5, 5.41) is 17.0. The van der Waals surface area contributed by atoms with Gasteiger partial charge in [0.25, 0.3) is 5.91 Å². The van der Waals surface area contributed by atoms with Crippen molar-refractivity contribution in [1.29, 1.82) is 0 Å². The number of rotatable bonds is 8. The minimum Gasteiger partial charge on any atom is -0.481 e. The smallest absolute Gasteiger partial charge is 0.303 e. The molecule has 2 unspecified atom stereocenters. The van der Waals surface area contributed by atoms with Crippen LogP contribution in [0.5, 0.6) is 0 Å². The van der Waals surface area contributed by atoms with E-state index in [2.05, 4.69) is 15.4 Å². The van der Waals surface area contributed by atoms with Crippen molar-refractivity contribution in [3.8, 4) is 11.3 Å². The second-order valence-corrected chi connectivity index (χ2v) is 10.5. The Morgan fingerprint density at radius 1 is 1.10 bits per heavy atom. The number of hydrogen-bond donors (Lipinski definition) is 2. The summed E-state index contributed by atoms with van der Waals surface area (Å²) in [5.74, 6) is -5.41. The first-order valence-electron chi connectivity index (χ1n) is 13.4. The molecule has 2 aromatic carbocycles. The van der Waals surface area contributed by atoms with E-state index in [4.69, 9.17) is 4.74 Å². The normalized spacial score (nSPS) is 17.0. The summed E-state index contributed by atoms with van der Waals surface area (Å²) in [6.07, 6.45) is -0.0450. The van der Waals surface area contributed by atoms with E-state index in [0.29, 0.717) is 25.3 Å². The zero-order valence-corrected chi connectivity index (χ0v) is 23.3. The molecule has 2 atom stereocenters. The van der Waals surface area contributed by atoms with E-state index >= 15 is 0 Å². The molecule has 12 heteroatoms. The molecule has 42 heavy (non-hydrogen) atoms. The van der Waals surface area contributed by atoms with Crippen LogP contribution in [-0.2, 0) is 16.1 Å². The highest BCUT2D eigenvalue weighted by molar-refractivity contribution is 5.93. The van der Waals surface area contributed by atoms with Gasteiger partial charge < -0.3 is 20.1 Å². The quantitative estimate of drug-likeness (QED) is 0.282. The number of carbonyl (C=O) groups is 2. The number of benzene rings is 2. The Kier molecular flexibility index (Phi) is 8.17. The number of aryl methyl sites for hydroxylation is 2. The minimum absolute atomic E-state index is 0.0153. The Morgan fingerprint density at radius 3 is 2.43 bits per heavy atom. The molecular weight excluding hydrogens is 551 g/mol. The third-order valence-electron chi connectivity index (χ3n) is 7.74. The molecule has 1 amide bonds. The zero-order valence-electron chi connectivity index (χ0n) is 23.3. The molecule has 1 aliphatic heterocycles. The van der Waals surface area contributed by atoms with Crippen molar-refractivity contribution in [3.05, 3.63) is 82.3 Å². The van der Waals surface area contributed by atoms with Gasteiger partial charge in [-0.15, -0.1) is 0 Å². The maximum absolute atomic E-state index is 14.1. The number of ether oxygens (including phenoxy) is 1. The van der Waals surface area contributed by atoms with Gasteiger partial charge in [-0.2, -0.15) is 9.61 Å². The van der Waals surface area contributed by atoms with Crippen molar-refractivity contribution < 1.29 is 32.6 Å². The number of carboxylic acid groups (broad SMARTS) is 1. The van der Waals surface area contributed by atoms with Crippen LogP contribution in [0.3, 0.4) is 0 Å². The molecule has 1 fully saturated rings. The summed E-state index contributed by atoms with van der Waals surface area (Å²) in [6.45, 7) is 4.89. The number of carbonyl (C=O) groups excluding carboxylic acids is 1. The summed E-state index contributed by atoms with van der Waals surface area (Å²) >= 11 is 0. The first kappa shape index (κ1) is 29.1. The van der Waals surface area contributed by atoms with Crippen LogP contribution in [0.2, 0.25) is 0 Å². The van der Waals surface area contributed by atoms with E-state index in [1.165, 1.54) is 23.8 Å². The number of amides is 1. The van der Waals surface area contributed by atoms with Crippen LogP contribution >= 0.6 is 0 Å². The molecule has 0 aliphatic carbocycles. The largest absolute Gasteiger partial charge is 0.481 e. The van der Waals surface area contributed by atoms with Crippen LogP contribution in [0.15, 0.2) is 42.5 Å². The number of piperidine rings is 1. The molecular formula is C30H30F3N5O4. The number of halogens is 3. The van der Waals surface area contributed by atoms with Crippen molar-refractivity contribution in [2.24, 2.45) is 5.92 Å². The first-order valence-corrected chi connectivity index (χ1v) is 13.4. The molecule has 1 aliphatic rings. The second-order valence-electron chi connectivity index (χ2n) is 10.5. The third kappa shape index (κ3) is 5.80. The molecule has 2 N–H and O–H groups in total. The van der Waals surface area contributed by atoms with Crippen LogP contribution < -0.4 is 5.32 Å². The lowest BCUT2D eigenvalue weighted by molar-refractivity contribution is -0.140. The van der Waals surface area contributed by atoms with Crippen molar-refractivity contribution in [2.45, 2.75) is 39.3 Å². The molecule has 5 rings (SSSR count). The molecule has 9 nitrogen and oxygen atoms in total. The summed E-state index contributed by atoms with van der Waals surface area (Å²) in [6, 6.07) is 10.7. The van der Waals surface area contributed by atoms with Gasteiger partial charge in [0, 0.05) is 44.4 Å². The summed E-state index contributed by atoms with van der Waals surface area (Å²) in [4.78, 5) is 30.8. The zero-order chi connectivity index (χ0) is 30.1. The number of aromatic nitrogens is 3. The fourth-order valence-corrected chi connectivity index (χ4v) is 5.40. The summed E-state index contributed by atoms with van der Waals surface area (Å²) in [7, 11) is 1.49. The summed E-state index contributed by atoms with van der Waals surface area (Å²) < 4.78 is 48.8. The van der Waals surface area contributed by atoms with Gasteiger partial charge in [0.05, 0.1) is 18.2 Å². The predicted octanol–water partition coefficient (Wildman–Crippen LogP) is 4.99. The maximum Gasteiger partial charge on any atom is 0.303 e. The average molecular weight is 582 g/mol. The fourth-order valence-electron chi connectivity index (χ4n) is 5.40. The van der Waals surface area contributed by atoms with Gasteiger partial charge in [0.15, 0.2) is 28.8 Å². The third-order valence-corrected chi connectivity index (χ3v) is 7.74. The van der Waals surface area contributed by atoms with Gasteiger partial charge in [0.2, 0.25) is 0 Å². The number of nitrogens with one attached hydrogen (secondary N) is 1. The number of methoxy groups -OCH3 is 1. The van der Waals surface area contributed by atoms with Gasteiger partial charge >= 0.3 is 5.97 Å². The molecule has 2 aromatic heterocycles. The van der Waals surface area contributed by atoms with Crippen LogP contribution in [0.25, 0.3) is 16.9 Å². The van der Waals surface area contributed by atoms with E-state index < -0.39 is 35.4 Å². The Labute approximate surface area is 239 Å². The van der Waals surface area contributed by atoms with Crippen LogP contribution in [0.1, 0.15) is 40.0 Å². The number of aliphatic carboxylic acids is 1. The van der Waals surface area contributed by atoms with Gasteiger partial charge in [-0.25, -0.2) is 18.2 Å². The molecule has 0 spiro atoms. The molecule has 220 valence electrons. The number of nitrogens with zero attached hydrogens (tertiary/aromatic N) is 4. The van der Waals surface area contributed by atoms with Crippen LogP contribution in [-0.4, -0.2) is 62.8 Å². The molecule has 0 radical (unpaired) electrons. The van der Waals surface area contributed by atoms with Crippen molar-refractivity contribution in [3.63, 3.8) is 0 Å². The van der Waals surface area contributed by atoms with E-state index in [1.54, 1.807) is 4.90 Å². The minimum atomic E-state index is -1.58. The molecule has 3 heterocycles. The van der Waals surface area contributed by atoms with Gasteiger partial charge in [-0.1, -0.05) is 18.2 Å². The van der Waals surface area contributed by atoms with Gasteiger partial charge in [-0.05, 0) is 55.0 Å². The van der Waals surface area contributed by atoms with Crippen molar-refractivity contribution >= 4 is 23.3 Å². The maximum atomic E-state index is 14.1.